The lowest BCUT2D eigenvalue weighted by Crippen LogP contribution is -2.33. The maximum absolute atomic E-state index is 13.2. The van der Waals surface area contributed by atoms with Crippen molar-refractivity contribution >= 4 is 17.5 Å². The molecule has 0 saturated carbocycles. The van der Waals surface area contributed by atoms with Gasteiger partial charge in [0, 0.05) is 56.7 Å². The van der Waals surface area contributed by atoms with Crippen LogP contribution in [-0.2, 0) is 24.4 Å². The fourth-order valence-corrected chi connectivity index (χ4v) is 5.06. The normalized spacial score (nSPS) is 15.0. The summed E-state index contributed by atoms with van der Waals surface area (Å²) in [5, 5.41) is 3.04. The Hall–Kier alpha value is -3.71. The molecule has 1 aliphatic rings. The lowest BCUT2D eigenvalue weighted by Gasteiger charge is -2.29. The number of pyridine rings is 1. The SMILES string of the molecule is CCOc1ccc(CNC(=O)c2ccc3c(c2)CN(Cc2cccnc2)CCCCCCCN3C(C)=O)cc1. The van der Waals surface area contributed by atoms with E-state index in [0.717, 1.165) is 60.5 Å². The first-order valence-electron chi connectivity index (χ1n) is 14.1. The topological polar surface area (TPSA) is 74.8 Å². The summed E-state index contributed by atoms with van der Waals surface area (Å²) in [6.45, 7) is 7.67. The fraction of sp³-hybridized carbons (Fsp3) is 0.406. The largest absolute Gasteiger partial charge is 0.494 e. The number of carbonyl (C=O) groups excluding carboxylic acids is 2. The van der Waals surface area contributed by atoms with E-state index in [-0.39, 0.29) is 11.8 Å². The highest BCUT2D eigenvalue weighted by molar-refractivity contribution is 5.97. The van der Waals surface area contributed by atoms with Gasteiger partial charge in [-0.05, 0) is 79.4 Å². The van der Waals surface area contributed by atoms with Crippen molar-refractivity contribution in [2.75, 3.05) is 24.6 Å². The van der Waals surface area contributed by atoms with Gasteiger partial charge in [-0.15, -0.1) is 0 Å². The lowest BCUT2D eigenvalue weighted by atomic mass is 10.0. The van der Waals surface area contributed by atoms with Gasteiger partial charge in [-0.25, -0.2) is 0 Å². The van der Waals surface area contributed by atoms with Gasteiger partial charge in [0.05, 0.1) is 6.61 Å². The van der Waals surface area contributed by atoms with E-state index in [1.807, 2.05) is 66.6 Å². The summed E-state index contributed by atoms with van der Waals surface area (Å²) in [5.74, 6) is 0.712. The second kappa shape index (κ2) is 14.4. The Morgan fingerprint density at radius 2 is 1.72 bits per heavy atom. The highest BCUT2D eigenvalue weighted by Gasteiger charge is 2.20. The van der Waals surface area contributed by atoms with Crippen LogP contribution in [0.4, 0.5) is 5.69 Å². The first-order chi connectivity index (χ1) is 19.0. The number of nitrogens with one attached hydrogen (secondary N) is 1. The van der Waals surface area contributed by atoms with Crippen LogP contribution in [0.15, 0.2) is 67.0 Å². The minimum absolute atomic E-state index is 0.0276. The molecule has 1 aliphatic heterocycles. The molecule has 7 nitrogen and oxygen atoms in total. The van der Waals surface area contributed by atoms with E-state index in [1.165, 1.54) is 12.8 Å². The summed E-state index contributed by atoms with van der Waals surface area (Å²) in [6, 6.07) is 17.5. The molecule has 0 unspecified atom stereocenters. The van der Waals surface area contributed by atoms with Gasteiger partial charge >= 0.3 is 0 Å². The van der Waals surface area contributed by atoms with E-state index in [2.05, 4.69) is 21.3 Å². The van der Waals surface area contributed by atoms with Crippen molar-refractivity contribution in [1.82, 2.24) is 15.2 Å². The summed E-state index contributed by atoms with van der Waals surface area (Å²) in [4.78, 5) is 34.5. The van der Waals surface area contributed by atoms with Crippen LogP contribution in [0.3, 0.4) is 0 Å². The summed E-state index contributed by atoms with van der Waals surface area (Å²) >= 11 is 0. The van der Waals surface area contributed by atoms with Crippen LogP contribution >= 0.6 is 0 Å². The molecule has 39 heavy (non-hydrogen) atoms. The lowest BCUT2D eigenvalue weighted by molar-refractivity contribution is -0.116. The number of anilines is 1. The Kier molecular flexibility index (Phi) is 10.5. The molecule has 206 valence electrons. The van der Waals surface area contributed by atoms with Crippen molar-refractivity contribution in [1.29, 1.82) is 0 Å². The number of nitrogens with zero attached hydrogens (tertiary/aromatic N) is 3. The van der Waals surface area contributed by atoms with E-state index in [0.29, 0.717) is 31.8 Å². The standard InChI is InChI=1S/C32H40N4O3/c1-3-39-30-14-11-26(12-15-30)22-34-32(38)28-13-16-31-29(20-28)24-35(23-27-10-9-17-33-21-27)18-7-5-4-6-8-19-36(31)25(2)37/h9-17,20-21H,3-8,18-19,22-24H2,1-2H3,(H,34,38). The van der Waals surface area contributed by atoms with Crippen molar-refractivity contribution in [3.63, 3.8) is 0 Å². The summed E-state index contributed by atoms with van der Waals surface area (Å²) < 4.78 is 5.51. The van der Waals surface area contributed by atoms with Gasteiger partial charge < -0.3 is 15.0 Å². The first kappa shape index (κ1) is 28.3. The Morgan fingerprint density at radius 3 is 2.44 bits per heavy atom. The molecule has 0 fully saturated rings. The minimum Gasteiger partial charge on any atom is -0.494 e. The quantitative estimate of drug-likeness (QED) is 0.424. The number of hydrogen-bond donors (Lipinski definition) is 1. The molecular weight excluding hydrogens is 488 g/mol. The van der Waals surface area contributed by atoms with E-state index >= 15 is 0 Å². The maximum atomic E-state index is 13.2. The molecule has 1 aromatic heterocycles. The van der Waals surface area contributed by atoms with Crippen LogP contribution in [0.25, 0.3) is 0 Å². The van der Waals surface area contributed by atoms with Crippen LogP contribution in [-0.4, -0.2) is 41.4 Å². The Labute approximate surface area is 232 Å². The fourth-order valence-electron chi connectivity index (χ4n) is 5.06. The van der Waals surface area contributed by atoms with Crippen molar-refractivity contribution in [3.05, 3.63) is 89.2 Å². The molecule has 2 heterocycles. The monoisotopic (exact) mass is 528 g/mol. The van der Waals surface area contributed by atoms with E-state index in [1.54, 1.807) is 13.1 Å². The molecule has 3 aromatic rings. The molecule has 2 amide bonds. The molecule has 4 rings (SSSR count). The number of ether oxygens (including phenoxy) is 1. The number of aromatic nitrogens is 1. The molecular formula is C32H40N4O3. The molecule has 7 heteroatoms. The minimum atomic E-state index is -0.133. The molecule has 1 N–H and O–H groups in total. The number of benzene rings is 2. The summed E-state index contributed by atoms with van der Waals surface area (Å²) in [6.07, 6.45) is 9.24. The average Bonchev–Trinajstić information content (AvgIpc) is 2.94. The van der Waals surface area contributed by atoms with Gasteiger partial charge in [-0.3, -0.25) is 19.5 Å². The number of fused-ring (bicyclic) bond motifs is 1. The zero-order valence-electron chi connectivity index (χ0n) is 23.2. The molecule has 2 aromatic carbocycles. The second-order valence-electron chi connectivity index (χ2n) is 10.1. The van der Waals surface area contributed by atoms with Gasteiger partial charge in [0.1, 0.15) is 5.75 Å². The molecule has 0 aliphatic carbocycles. The molecule has 0 atom stereocenters. The average molecular weight is 529 g/mol. The van der Waals surface area contributed by atoms with E-state index in [4.69, 9.17) is 4.74 Å². The van der Waals surface area contributed by atoms with Gasteiger partial charge in [-0.1, -0.05) is 37.5 Å². The third-order valence-electron chi connectivity index (χ3n) is 7.08. The first-order valence-corrected chi connectivity index (χ1v) is 14.1. The van der Waals surface area contributed by atoms with Gasteiger partial charge in [-0.2, -0.15) is 0 Å². The van der Waals surface area contributed by atoms with Crippen LogP contribution in [0.2, 0.25) is 0 Å². The van der Waals surface area contributed by atoms with E-state index < -0.39 is 0 Å². The molecule has 0 saturated heterocycles. The van der Waals surface area contributed by atoms with Crippen molar-refractivity contribution in [2.24, 2.45) is 0 Å². The van der Waals surface area contributed by atoms with E-state index in [9.17, 15) is 9.59 Å². The number of carbonyl (C=O) groups is 2. The zero-order valence-corrected chi connectivity index (χ0v) is 23.2. The molecule has 0 spiro atoms. The van der Waals surface area contributed by atoms with Gasteiger partial charge in [0.25, 0.3) is 5.91 Å². The van der Waals surface area contributed by atoms with Gasteiger partial charge in [0.2, 0.25) is 5.91 Å². The second-order valence-corrected chi connectivity index (χ2v) is 10.1. The van der Waals surface area contributed by atoms with Crippen molar-refractivity contribution < 1.29 is 14.3 Å². The third-order valence-corrected chi connectivity index (χ3v) is 7.08. The molecule has 0 radical (unpaired) electrons. The Morgan fingerprint density at radius 1 is 0.949 bits per heavy atom. The highest BCUT2D eigenvalue weighted by Crippen LogP contribution is 2.27. The Bertz CT molecular complexity index is 1210. The number of rotatable bonds is 7. The summed E-state index contributed by atoms with van der Waals surface area (Å²) in [5.41, 5.74) is 4.63. The van der Waals surface area contributed by atoms with Gasteiger partial charge in [0.15, 0.2) is 0 Å². The third kappa shape index (κ3) is 8.39. The predicted octanol–water partition coefficient (Wildman–Crippen LogP) is 5.73. The van der Waals surface area contributed by atoms with Crippen molar-refractivity contribution in [2.45, 2.75) is 65.6 Å². The Balaban J connectivity index is 1.57. The summed E-state index contributed by atoms with van der Waals surface area (Å²) in [7, 11) is 0. The predicted molar refractivity (Wildman–Crippen MR) is 155 cm³/mol. The van der Waals surface area contributed by atoms with Crippen molar-refractivity contribution in [3.8, 4) is 5.75 Å². The maximum Gasteiger partial charge on any atom is 0.251 e. The zero-order chi connectivity index (χ0) is 27.5. The van der Waals surface area contributed by atoms with Crippen LogP contribution in [0.5, 0.6) is 5.75 Å². The molecule has 0 bridgehead atoms. The smallest absolute Gasteiger partial charge is 0.251 e. The van der Waals surface area contributed by atoms with Crippen LogP contribution in [0, 0.1) is 0 Å². The number of amides is 2. The van der Waals surface area contributed by atoms with Crippen LogP contribution in [0.1, 0.15) is 73.0 Å². The highest BCUT2D eigenvalue weighted by atomic mass is 16.5. The van der Waals surface area contributed by atoms with Crippen LogP contribution < -0.4 is 15.0 Å². The number of hydrogen-bond acceptors (Lipinski definition) is 5.